The van der Waals surface area contributed by atoms with Crippen molar-refractivity contribution in [1.29, 1.82) is 0 Å². The molecule has 0 spiro atoms. The third-order valence-corrected chi connectivity index (χ3v) is 2.25. The van der Waals surface area contributed by atoms with Crippen molar-refractivity contribution in [2.75, 3.05) is 5.32 Å². The van der Waals surface area contributed by atoms with E-state index in [1.807, 2.05) is 24.3 Å². The highest BCUT2D eigenvalue weighted by Crippen LogP contribution is 2.17. The van der Waals surface area contributed by atoms with E-state index in [9.17, 15) is 4.79 Å². The molecule has 0 radical (unpaired) electrons. The second-order valence-electron chi connectivity index (χ2n) is 3.48. The van der Waals surface area contributed by atoms with Crippen molar-refractivity contribution in [2.45, 2.75) is 6.42 Å². The lowest BCUT2D eigenvalue weighted by Crippen LogP contribution is -2.09. The Hall–Kier alpha value is -2.16. The van der Waals surface area contributed by atoms with Crippen molar-refractivity contribution in [3.8, 4) is 0 Å². The van der Waals surface area contributed by atoms with Gasteiger partial charge >= 0.3 is 0 Å². The monoisotopic (exact) mass is 212 g/mol. The lowest BCUT2D eigenvalue weighted by molar-refractivity contribution is -0.115. The average molecular weight is 212 g/mol. The van der Waals surface area contributed by atoms with Gasteiger partial charge in [-0.15, -0.1) is 6.58 Å². The number of nitrogens with zero attached hydrogens (tertiary/aromatic N) is 1. The van der Waals surface area contributed by atoms with Gasteiger partial charge in [-0.3, -0.25) is 9.78 Å². The third-order valence-electron chi connectivity index (χ3n) is 2.25. The summed E-state index contributed by atoms with van der Waals surface area (Å²) in [6.07, 6.45) is 5.44. The van der Waals surface area contributed by atoms with Crippen LogP contribution in [0.5, 0.6) is 0 Å². The second kappa shape index (κ2) is 4.57. The lowest BCUT2D eigenvalue weighted by Gasteiger charge is -2.04. The van der Waals surface area contributed by atoms with Gasteiger partial charge in [-0.1, -0.05) is 12.1 Å². The summed E-state index contributed by atoms with van der Waals surface area (Å²) in [7, 11) is 0. The number of hydrogen-bond donors (Lipinski definition) is 1. The van der Waals surface area contributed by atoms with Gasteiger partial charge in [0, 0.05) is 29.9 Å². The minimum atomic E-state index is -0.0524. The summed E-state index contributed by atoms with van der Waals surface area (Å²) in [6, 6.07) is 7.65. The SMILES string of the molecule is C=CCC(=O)Nc1ccc2cnccc2c1. The van der Waals surface area contributed by atoms with Gasteiger partial charge in [0.15, 0.2) is 0 Å². The summed E-state index contributed by atoms with van der Waals surface area (Å²) in [5.74, 6) is -0.0524. The topological polar surface area (TPSA) is 42.0 Å². The van der Waals surface area contributed by atoms with Crippen LogP contribution in [0.25, 0.3) is 10.8 Å². The molecule has 3 heteroatoms. The molecule has 0 aliphatic rings. The van der Waals surface area contributed by atoms with E-state index in [2.05, 4.69) is 16.9 Å². The molecule has 0 atom stereocenters. The lowest BCUT2D eigenvalue weighted by atomic mass is 10.1. The highest BCUT2D eigenvalue weighted by molar-refractivity contribution is 5.94. The summed E-state index contributed by atoms with van der Waals surface area (Å²) >= 11 is 0. The largest absolute Gasteiger partial charge is 0.326 e. The summed E-state index contributed by atoms with van der Waals surface area (Å²) in [4.78, 5) is 15.4. The van der Waals surface area contributed by atoms with E-state index in [0.29, 0.717) is 6.42 Å². The first-order valence-corrected chi connectivity index (χ1v) is 5.04. The normalized spacial score (nSPS) is 10.0. The minimum Gasteiger partial charge on any atom is -0.326 e. The molecule has 2 rings (SSSR count). The summed E-state index contributed by atoms with van der Waals surface area (Å²) in [5.41, 5.74) is 0.797. The number of rotatable bonds is 3. The van der Waals surface area contributed by atoms with Crippen molar-refractivity contribution in [1.82, 2.24) is 4.98 Å². The molecule has 0 aliphatic heterocycles. The molecule has 0 aliphatic carbocycles. The zero-order chi connectivity index (χ0) is 11.4. The van der Waals surface area contributed by atoms with Crippen LogP contribution in [0.15, 0.2) is 49.3 Å². The molecule has 1 N–H and O–H groups in total. The van der Waals surface area contributed by atoms with E-state index >= 15 is 0 Å². The zero-order valence-electron chi connectivity index (χ0n) is 8.81. The van der Waals surface area contributed by atoms with Crippen molar-refractivity contribution in [3.05, 3.63) is 49.3 Å². The number of nitrogens with one attached hydrogen (secondary N) is 1. The fraction of sp³-hybridized carbons (Fsp3) is 0.0769. The van der Waals surface area contributed by atoms with Crippen molar-refractivity contribution in [2.24, 2.45) is 0 Å². The Kier molecular flexibility index (Phi) is 2.96. The molecule has 0 unspecified atom stereocenters. The Morgan fingerprint density at radius 2 is 2.25 bits per heavy atom. The standard InChI is InChI=1S/C13H12N2O/c1-2-3-13(16)15-12-5-4-11-9-14-7-6-10(11)8-12/h2,4-9H,1,3H2,(H,15,16). The number of carbonyl (C=O) groups is 1. The fourth-order valence-electron chi connectivity index (χ4n) is 1.50. The molecule has 0 saturated heterocycles. The van der Waals surface area contributed by atoms with Crippen LogP contribution in [-0.4, -0.2) is 10.9 Å². The maximum absolute atomic E-state index is 11.4. The Bertz CT molecular complexity index is 534. The van der Waals surface area contributed by atoms with Gasteiger partial charge < -0.3 is 5.32 Å². The van der Waals surface area contributed by atoms with Crippen LogP contribution in [0.1, 0.15) is 6.42 Å². The van der Waals surface area contributed by atoms with E-state index < -0.39 is 0 Å². The predicted octanol–water partition coefficient (Wildman–Crippen LogP) is 2.75. The van der Waals surface area contributed by atoms with E-state index in [1.165, 1.54) is 0 Å². The van der Waals surface area contributed by atoms with E-state index in [4.69, 9.17) is 0 Å². The third kappa shape index (κ3) is 2.25. The van der Waals surface area contributed by atoms with Gasteiger partial charge in [0.05, 0.1) is 0 Å². The Morgan fingerprint density at radius 1 is 1.38 bits per heavy atom. The van der Waals surface area contributed by atoms with Crippen LogP contribution in [0, 0.1) is 0 Å². The number of carbonyl (C=O) groups excluding carboxylic acids is 1. The summed E-state index contributed by atoms with van der Waals surface area (Å²) in [5, 5.41) is 4.93. The smallest absolute Gasteiger partial charge is 0.228 e. The molecule has 0 fully saturated rings. The van der Waals surface area contributed by atoms with Gasteiger partial charge in [0.25, 0.3) is 0 Å². The molecule has 0 saturated carbocycles. The number of anilines is 1. The van der Waals surface area contributed by atoms with Crippen LogP contribution in [-0.2, 0) is 4.79 Å². The molecular formula is C13H12N2O. The molecule has 80 valence electrons. The van der Waals surface area contributed by atoms with E-state index in [-0.39, 0.29) is 5.91 Å². The first-order chi connectivity index (χ1) is 7.79. The van der Waals surface area contributed by atoms with Crippen molar-refractivity contribution >= 4 is 22.4 Å². The first kappa shape index (κ1) is 10.4. The molecule has 2 aromatic rings. The number of aromatic nitrogens is 1. The molecule has 0 bridgehead atoms. The molecule has 16 heavy (non-hydrogen) atoms. The Labute approximate surface area is 93.8 Å². The molecule has 1 amide bonds. The van der Waals surface area contributed by atoms with Crippen LogP contribution in [0.4, 0.5) is 5.69 Å². The maximum atomic E-state index is 11.4. The Morgan fingerprint density at radius 3 is 3.06 bits per heavy atom. The number of hydrogen-bond acceptors (Lipinski definition) is 2. The van der Waals surface area contributed by atoms with Crippen molar-refractivity contribution < 1.29 is 4.79 Å². The van der Waals surface area contributed by atoms with Gasteiger partial charge in [-0.05, 0) is 23.6 Å². The Balaban J connectivity index is 2.25. The molecule has 1 aromatic heterocycles. The van der Waals surface area contributed by atoms with Crippen LogP contribution in [0.2, 0.25) is 0 Å². The second-order valence-corrected chi connectivity index (χ2v) is 3.48. The van der Waals surface area contributed by atoms with Gasteiger partial charge in [0.1, 0.15) is 0 Å². The zero-order valence-corrected chi connectivity index (χ0v) is 8.81. The van der Waals surface area contributed by atoms with E-state index in [0.717, 1.165) is 16.5 Å². The number of amides is 1. The number of pyridine rings is 1. The molecular weight excluding hydrogens is 200 g/mol. The number of benzene rings is 1. The quantitative estimate of drug-likeness (QED) is 0.795. The van der Waals surface area contributed by atoms with Crippen molar-refractivity contribution in [3.63, 3.8) is 0 Å². The summed E-state index contributed by atoms with van der Waals surface area (Å²) in [6.45, 7) is 3.52. The number of fused-ring (bicyclic) bond motifs is 1. The maximum Gasteiger partial charge on any atom is 0.228 e. The first-order valence-electron chi connectivity index (χ1n) is 5.04. The minimum absolute atomic E-state index is 0.0524. The fourth-order valence-corrected chi connectivity index (χ4v) is 1.50. The molecule has 1 heterocycles. The predicted molar refractivity (Wildman–Crippen MR) is 65.2 cm³/mol. The highest BCUT2D eigenvalue weighted by Gasteiger charge is 2.00. The average Bonchev–Trinajstić information content (AvgIpc) is 2.29. The van der Waals surface area contributed by atoms with Crippen LogP contribution in [0.3, 0.4) is 0 Å². The van der Waals surface area contributed by atoms with Gasteiger partial charge in [0.2, 0.25) is 5.91 Å². The van der Waals surface area contributed by atoms with Gasteiger partial charge in [-0.2, -0.15) is 0 Å². The van der Waals surface area contributed by atoms with Crippen LogP contribution >= 0.6 is 0 Å². The highest BCUT2D eigenvalue weighted by atomic mass is 16.1. The van der Waals surface area contributed by atoms with Gasteiger partial charge in [-0.25, -0.2) is 0 Å². The summed E-state index contributed by atoms with van der Waals surface area (Å²) < 4.78 is 0. The molecule has 1 aromatic carbocycles. The molecule has 3 nitrogen and oxygen atoms in total. The van der Waals surface area contributed by atoms with E-state index in [1.54, 1.807) is 18.5 Å². The van der Waals surface area contributed by atoms with Crippen LogP contribution < -0.4 is 5.32 Å².